The number of allylic oxidation sites excluding steroid dienone is 1. The van der Waals surface area contributed by atoms with Crippen molar-refractivity contribution in [3.8, 4) is 0 Å². The fraction of sp³-hybridized carbons (Fsp3) is 0.750. The van der Waals surface area contributed by atoms with Crippen molar-refractivity contribution in [2.75, 3.05) is 14.1 Å². The van der Waals surface area contributed by atoms with Crippen molar-refractivity contribution >= 4 is 10.0 Å². The molecule has 0 fully saturated rings. The maximum Gasteiger partial charge on any atom is 0.235 e. The summed E-state index contributed by atoms with van der Waals surface area (Å²) in [5, 5.41) is 5.05. The molecule has 0 aliphatic rings. The predicted octanol–water partition coefficient (Wildman–Crippen LogP) is 0.868. The van der Waals surface area contributed by atoms with Crippen LogP contribution in [0.4, 0.5) is 0 Å². The number of hydrogen-bond donors (Lipinski definition) is 1. The first-order valence-electron chi connectivity index (χ1n) is 4.28. The van der Waals surface area contributed by atoms with E-state index in [2.05, 4.69) is 0 Å². The molecule has 0 heterocycles. The first-order chi connectivity index (χ1) is 5.88. The molecule has 78 valence electrons. The quantitative estimate of drug-likeness (QED) is 0.726. The lowest BCUT2D eigenvalue weighted by Crippen LogP contribution is -2.17. The van der Waals surface area contributed by atoms with Crippen molar-refractivity contribution in [3.05, 3.63) is 11.1 Å². The van der Waals surface area contributed by atoms with E-state index in [4.69, 9.17) is 5.14 Å². The molecular weight excluding hydrogens is 188 g/mol. The van der Waals surface area contributed by atoms with E-state index < -0.39 is 10.0 Å². The molecule has 0 aromatic carbocycles. The molecule has 0 aliphatic heterocycles. The Labute approximate surface area is 80.5 Å². The summed E-state index contributed by atoms with van der Waals surface area (Å²) in [6.07, 6.45) is 3.88. The minimum absolute atomic E-state index is 0.305. The number of sulfonamides is 1. The molecule has 0 saturated heterocycles. The molecule has 5 heteroatoms. The number of rotatable bonds is 5. The molecule has 0 bridgehead atoms. The zero-order valence-electron chi connectivity index (χ0n) is 8.45. The first-order valence-corrected chi connectivity index (χ1v) is 5.82. The lowest BCUT2D eigenvalue weighted by atomic mass is 10.2. The molecule has 0 rings (SSSR count). The summed E-state index contributed by atoms with van der Waals surface area (Å²) in [4.78, 5) is 1.99. The predicted molar refractivity (Wildman–Crippen MR) is 54.4 cm³/mol. The summed E-state index contributed by atoms with van der Waals surface area (Å²) < 4.78 is 22.1. The number of nitrogens with two attached hydrogens (primary N) is 1. The minimum Gasteiger partial charge on any atom is -0.383 e. The van der Waals surface area contributed by atoms with E-state index in [0.717, 1.165) is 12.8 Å². The van der Waals surface area contributed by atoms with Crippen LogP contribution >= 0.6 is 0 Å². The molecule has 0 radical (unpaired) electrons. The molecule has 0 atom stereocenters. The Hall–Kier alpha value is -0.550. The summed E-state index contributed by atoms with van der Waals surface area (Å²) in [6.45, 7) is 2.01. The third-order valence-corrected chi connectivity index (χ3v) is 2.58. The maximum atomic E-state index is 11.1. The molecule has 0 saturated carbocycles. The van der Waals surface area contributed by atoms with E-state index in [1.165, 1.54) is 0 Å². The Morgan fingerprint density at radius 2 is 2.00 bits per heavy atom. The second kappa shape index (κ2) is 5.24. The van der Waals surface area contributed by atoms with Crippen LogP contribution in [0.3, 0.4) is 0 Å². The summed E-state index contributed by atoms with van der Waals surface area (Å²) in [7, 11) is 0.0371. The van der Waals surface area contributed by atoms with Gasteiger partial charge in [-0.05, 0) is 12.8 Å². The average Bonchev–Trinajstić information content (AvgIpc) is 1.95. The van der Waals surface area contributed by atoms with Gasteiger partial charge in [-0.25, -0.2) is 13.6 Å². The fourth-order valence-electron chi connectivity index (χ4n) is 0.919. The number of unbranched alkanes of at least 4 members (excludes halogenated alkanes) is 1. The number of primary sulfonamides is 1. The second-order valence-corrected chi connectivity index (χ2v) is 4.82. The topological polar surface area (TPSA) is 63.4 Å². The van der Waals surface area contributed by atoms with Gasteiger partial charge in [0.2, 0.25) is 10.0 Å². The smallest absolute Gasteiger partial charge is 0.235 e. The van der Waals surface area contributed by atoms with Gasteiger partial charge in [-0.3, -0.25) is 0 Å². The molecule has 0 aromatic heterocycles. The highest BCUT2D eigenvalue weighted by atomic mass is 32.2. The highest BCUT2D eigenvalue weighted by Crippen LogP contribution is 2.11. The molecule has 0 aliphatic carbocycles. The van der Waals surface area contributed by atoms with Crippen LogP contribution in [0.25, 0.3) is 0 Å². The normalized spacial score (nSPS) is 13.1. The molecule has 4 nitrogen and oxygen atoms in total. The van der Waals surface area contributed by atoms with E-state index in [-0.39, 0.29) is 0 Å². The van der Waals surface area contributed by atoms with Gasteiger partial charge in [0.05, 0.1) is 4.91 Å². The Morgan fingerprint density at radius 1 is 1.46 bits per heavy atom. The largest absolute Gasteiger partial charge is 0.383 e. The van der Waals surface area contributed by atoms with Crippen molar-refractivity contribution in [1.29, 1.82) is 0 Å². The van der Waals surface area contributed by atoms with Crippen molar-refractivity contribution in [2.45, 2.75) is 26.2 Å². The first kappa shape index (κ1) is 12.4. The van der Waals surface area contributed by atoms with Gasteiger partial charge in [-0.1, -0.05) is 13.3 Å². The van der Waals surface area contributed by atoms with Gasteiger partial charge in [0.25, 0.3) is 0 Å². The zero-order chi connectivity index (χ0) is 10.5. The van der Waals surface area contributed by atoms with E-state index in [1.807, 2.05) is 6.92 Å². The Balaban J connectivity index is 4.58. The number of hydrogen-bond acceptors (Lipinski definition) is 3. The van der Waals surface area contributed by atoms with Crippen molar-refractivity contribution in [2.24, 2.45) is 5.14 Å². The Morgan fingerprint density at radius 3 is 2.31 bits per heavy atom. The zero-order valence-corrected chi connectivity index (χ0v) is 9.26. The van der Waals surface area contributed by atoms with E-state index in [0.29, 0.717) is 11.3 Å². The summed E-state index contributed by atoms with van der Waals surface area (Å²) in [5.74, 6) is 0. The lowest BCUT2D eigenvalue weighted by molar-refractivity contribution is 0.552. The maximum absolute atomic E-state index is 11.1. The van der Waals surface area contributed by atoms with E-state index in [1.54, 1.807) is 25.2 Å². The second-order valence-electron chi connectivity index (χ2n) is 3.21. The third-order valence-electron chi connectivity index (χ3n) is 1.54. The monoisotopic (exact) mass is 206 g/mol. The highest BCUT2D eigenvalue weighted by Gasteiger charge is 2.11. The van der Waals surface area contributed by atoms with E-state index in [9.17, 15) is 8.42 Å². The summed E-state index contributed by atoms with van der Waals surface area (Å²) in [6, 6.07) is 0. The molecule has 13 heavy (non-hydrogen) atoms. The highest BCUT2D eigenvalue weighted by molar-refractivity contribution is 7.93. The van der Waals surface area contributed by atoms with Gasteiger partial charge in [0.1, 0.15) is 0 Å². The van der Waals surface area contributed by atoms with Crippen molar-refractivity contribution in [1.82, 2.24) is 4.90 Å². The van der Waals surface area contributed by atoms with Crippen molar-refractivity contribution in [3.63, 3.8) is 0 Å². The van der Waals surface area contributed by atoms with Crippen LogP contribution in [0.2, 0.25) is 0 Å². The van der Waals surface area contributed by atoms with Gasteiger partial charge in [0.15, 0.2) is 0 Å². The summed E-state index contributed by atoms with van der Waals surface area (Å²) >= 11 is 0. The molecule has 0 aromatic rings. The fourth-order valence-corrected chi connectivity index (χ4v) is 1.71. The number of nitrogens with zero attached hydrogens (tertiary/aromatic N) is 1. The molecule has 0 amide bonds. The van der Waals surface area contributed by atoms with Gasteiger partial charge in [-0.15, -0.1) is 0 Å². The SMILES string of the molecule is CCCC/C(=C/N(C)C)S(N)(=O)=O. The Bertz CT molecular complexity index is 268. The van der Waals surface area contributed by atoms with Gasteiger partial charge >= 0.3 is 0 Å². The molecular formula is C8H18N2O2S. The van der Waals surface area contributed by atoms with Crippen molar-refractivity contribution < 1.29 is 8.42 Å². The van der Waals surface area contributed by atoms with Gasteiger partial charge < -0.3 is 4.90 Å². The van der Waals surface area contributed by atoms with Gasteiger partial charge in [-0.2, -0.15) is 0 Å². The molecule has 0 spiro atoms. The lowest BCUT2D eigenvalue weighted by Gasteiger charge is -2.09. The Kier molecular flexibility index (Phi) is 5.02. The van der Waals surface area contributed by atoms with Crippen LogP contribution in [0, 0.1) is 0 Å². The standard InChI is InChI=1S/C8H18N2O2S/c1-4-5-6-8(7-10(2)3)13(9,11)12/h7H,4-6H2,1-3H3,(H2,9,11,12)/b8-7-. The van der Waals surface area contributed by atoms with E-state index >= 15 is 0 Å². The molecule has 2 N–H and O–H groups in total. The van der Waals surface area contributed by atoms with Crippen LogP contribution in [-0.4, -0.2) is 27.4 Å². The van der Waals surface area contributed by atoms with Crippen LogP contribution in [0.15, 0.2) is 11.1 Å². The molecule has 0 unspecified atom stereocenters. The minimum atomic E-state index is -3.51. The van der Waals surface area contributed by atoms with Crippen LogP contribution < -0.4 is 5.14 Å². The van der Waals surface area contributed by atoms with Crippen LogP contribution in [-0.2, 0) is 10.0 Å². The van der Waals surface area contributed by atoms with Crippen LogP contribution in [0.5, 0.6) is 0 Å². The third kappa shape index (κ3) is 5.65. The summed E-state index contributed by atoms with van der Waals surface area (Å²) in [5.41, 5.74) is 0. The average molecular weight is 206 g/mol. The van der Waals surface area contributed by atoms with Gasteiger partial charge in [0, 0.05) is 20.3 Å². The van der Waals surface area contributed by atoms with Crippen LogP contribution in [0.1, 0.15) is 26.2 Å².